The summed E-state index contributed by atoms with van der Waals surface area (Å²) in [6.07, 6.45) is 5.07. The molecule has 2 heterocycles. The van der Waals surface area contributed by atoms with Crippen LogP contribution in [0.2, 0.25) is 0 Å². The number of thiophene rings is 1. The molecule has 4 heteroatoms. The van der Waals surface area contributed by atoms with Crippen molar-refractivity contribution in [3.8, 4) is 0 Å². The Morgan fingerprint density at radius 1 is 1.27 bits per heavy atom. The number of hydrogen-bond donors (Lipinski definition) is 1. The van der Waals surface area contributed by atoms with Crippen LogP contribution in [0.1, 0.15) is 40.8 Å². The van der Waals surface area contributed by atoms with Gasteiger partial charge in [0, 0.05) is 18.0 Å². The lowest BCUT2D eigenvalue weighted by atomic mass is 9.96. The van der Waals surface area contributed by atoms with E-state index in [-0.39, 0.29) is 5.92 Å². The minimum Gasteiger partial charge on any atom is -0.481 e. The Hall–Kier alpha value is -1.91. The monoisotopic (exact) mass is 369 g/mol. The van der Waals surface area contributed by atoms with Gasteiger partial charge in [0.2, 0.25) is 0 Å². The van der Waals surface area contributed by atoms with Crippen LogP contribution in [0.4, 0.5) is 0 Å². The van der Waals surface area contributed by atoms with E-state index in [0.717, 1.165) is 32.4 Å². The number of carboxylic acid groups (broad SMARTS) is 1. The summed E-state index contributed by atoms with van der Waals surface area (Å²) in [5.41, 5.74) is 5.20. The zero-order valence-electron chi connectivity index (χ0n) is 15.6. The van der Waals surface area contributed by atoms with Crippen molar-refractivity contribution in [2.45, 2.75) is 33.1 Å². The highest BCUT2D eigenvalue weighted by atomic mass is 32.1. The van der Waals surface area contributed by atoms with E-state index in [1.54, 1.807) is 11.3 Å². The van der Waals surface area contributed by atoms with Crippen molar-refractivity contribution >= 4 is 22.9 Å². The van der Waals surface area contributed by atoms with Gasteiger partial charge >= 0.3 is 5.97 Å². The van der Waals surface area contributed by atoms with Gasteiger partial charge in [0.15, 0.2) is 0 Å². The Labute approximate surface area is 160 Å². The molecular formula is C22H27NO2S. The van der Waals surface area contributed by atoms with Gasteiger partial charge in [0.05, 0.1) is 5.92 Å². The predicted octanol–water partition coefficient (Wildman–Crippen LogP) is 4.98. The molecule has 1 aromatic heterocycles. The molecule has 0 spiro atoms. The number of aliphatic carboxylic acids is 1. The molecule has 2 aromatic rings. The van der Waals surface area contributed by atoms with Gasteiger partial charge in [-0.1, -0.05) is 30.3 Å². The summed E-state index contributed by atoms with van der Waals surface area (Å²) in [5.74, 6) is -0.858. The molecule has 3 rings (SSSR count). The number of rotatable bonds is 6. The second-order valence-corrected chi connectivity index (χ2v) is 8.05. The van der Waals surface area contributed by atoms with Gasteiger partial charge in [-0.2, -0.15) is 0 Å². The summed E-state index contributed by atoms with van der Waals surface area (Å²) in [6.45, 7) is 6.94. The highest BCUT2D eigenvalue weighted by molar-refractivity contribution is 7.11. The lowest BCUT2D eigenvalue weighted by Gasteiger charge is -2.30. The Kier molecular flexibility index (Phi) is 6.28. The molecule has 0 saturated carbocycles. The van der Waals surface area contributed by atoms with Crippen LogP contribution < -0.4 is 0 Å². The number of carboxylic acids is 1. The van der Waals surface area contributed by atoms with E-state index >= 15 is 0 Å². The topological polar surface area (TPSA) is 40.5 Å². The number of benzene rings is 1. The Morgan fingerprint density at radius 3 is 2.77 bits per heavy atom. The van der Waals surface area contributed by atoms with Crippen LogP contribution in [0.15, 0.2) is 41.8 Å². The van der Waals surface area contributed by atoms with Gasteiger partial charge in [-0.15, -0.1) is 11.3 Å². The maximum absolute atomic E-state index is 11.3. The van der Waals surface area contributed by atoms with E-state index in [4.69, 9.17) is 0 Å². The molecule has 0 radical (unpaired) electrons. The minimum atomic E-state index is -0.653. The maximum Gasteiger partial charge on any atom is 0.307 e. The highest BCUT2D eigenvalue weighted by Crippen LogP contribution is 2.32. The fourth-order valence-electron chi connectivity index (χ4n) is 3.70. The van der Waals surface area contributed by atoms with Crippen molar-refractivity contribution in [1.82, 2.24) is 4.90 Å². The first kappa shape index (κ1) is 18.9. The lowest BCUT2D eigenvalue weighted by Crippen LogP contribution is -2.39. The fourth-order valence-corrected chi connectivity index (χ4v) is 4.68. The largest absolute Gasteiger partial charge is 0.481 e. The van der Waals surface area contributed by atoms with Crippen molar-refractivity contribution in [1.29, 1.82) is 0 Å². The SMILES string of the molecule is Cc1ccccc1/C(=C/CCN1CCC[C@H](C(=O)O)C1)c1sccc1C. The van der Waals surface area contributed by atoms with Crippen LogP contribution in [-0.4, -0.2) is 35.6 Å². The third-order valence-electron chi connectivity index (χ3n) is 5.19. The van der Waals surface area contributed by atoms with Gasteiger partial charge in [-0.3, -0.25) is 4.79 Å². The smallest absolute Gasteiger partial charge is 0.307 e. The number of hydrogen-bond acceptors (Lipinski definition) is 3. The van der Waals surface area contributed by atoms with Crippen LogP contribution in [-0.2, 0) is 4.79 Å². The summed E-state index contributed by atoms with van der Waals surface area (Å²) < 4.78 is 0. The predicted molar refractivity (Wildman–Crippen MR) is 109 cm³/mol. The number of carbonyl (C=O) groups is 1. The quantitative estimate of drug-likeness (QED) is 0.780. The minimum absolute atomic E-state index is 0.205. The zero-order valence-corrected chi connectivity index (χ0v) is 16.4. The maximum atomic E-state index is 11.3. The molecule has 1 aromatic carbocycles. The van der Waals surface area contributed by atoms with Gasteiger partial charge in [0.25, 0.3) is 0 Å². The van der Waals surface area contributed by atoms with E-state index in [1.807, 2.05) is 0 Å². The summed E-state index contributed by atoms with van der Waals surface area (Å²) >= 11 is 1.79. The molecule has 26 heavy (non-hydrogen) atoms. The van der Waals surface area contributed by atoms with E-state index in [1.165, 1.54) is 27.1 Å². The van der Waals surface area contributed by atoms with E-state index in [9.17, 15) is 9.90 Å². The average Bonchev–Trinajstić information content (AvgIpc) is 3.06. The van der Waals surface area contributed by atoms with Crippen LogP contribution in [0.25, 0.3) is 5.57 Å². The van der Waals surface area contributed by atoms with Crippen LogP contribution in [0.3, 0.4) is 0 Å². The number of piperidine rings is 1. The third kappa shape index (κ3) is 4.43. The molecule has 1 saturated heterocycles. The molecule has 0 amide bonds. The van der Waals surface area contributed by atoms with E-state index in [2.05, 4.69) is 60.5 Å². The van der Waals surface area contributed by atoms with Crippen molar-refractivity contribution in [2.75, 3.05) is 19.6 Å². The average molecular weight is 370 g/mol. The van der Waals surface area contributed by atoms with E-state index < -0.39 is 5.97 Å². The molecule has 1 fully saturated rings. The summed E-state index contributed by atoms with van der Waals surface area (Å²) in [4.78, 5) is 14.9. The van der Waals surface area contributed by atoms with Crippen LogP contribution in [0.5, 0.6) is 0 Å². The first-order valence-electron chi connectivity index (χ1n) is 9.32. The van der Waals surface area contributed by atoms with Crippen molar-refractivity contribution in [2.24, 2.45) is 5.92 Å². The Bertz CT molecular complexity index is 793. The van der Waals surface area contributed by atoms with Gasteiger partial charge in [0.1, 0.15) is 0 Å². The molecule has 1 aliphatic heterocycles. The summed E-state index contributed by atoms with van der Waals surface area (Å²) in [7, 11) is 0. The molecule has 1 N–H and O–H groups in total. The van der Waals surface area contributed by atoms with Crippen LogP contribution >= 0.6 is 11.3 Å². The molecule has 0 unspecified atom stereocenters. The number of aryl methyl sites for hydroxylation is 2. The fraction of sp³-hybridized carbons (Fsp3) is 0.409. The standard InChI is InChI=1S/C22H27NO2S/c1-16-7-3-4-9-19(16)20(21-17(2)11-14-26-21)10-6-13-23-12-5-8-18(15-23)22(24)25/h3-4,7,9-11,14,18H,5-6,8,12-13,15H2,1-2H3,(H,24,25)/b20-10-/t18-/m0/s1. The third-order valence-corrected chi connectivity index (χ3v) is 6.24. The molecule has 3 nitrogen and oxygen atoms in total. The van der Waals surface area contributed by atoms with Gasteiger partial charge < -0.3 is 10.0 Å². The van der Waals surface area contributed by atoms with Gasteiger partial charge in [-0.05, 0) is 73.4 Å². The molecule has 138 valence electrons. The first-order chi connectivity index (χ1) is 12.6. The number of likely N-dealkylation sites (tertiary alicyclic amines) is 1. The summed E-state index contributed by atoms with van der Waals surface area (Å²) in [6, 6.07) is 10.7. The zero-order chi connectivity index (χ0) is 18.5. The normalized spacial score (nSPS) is 18.8. The van der Waals surface area contributed by atoms with Crippen molar-refractivity contribution in [3.05, 3.63) is 63.4 Å². The first-order valence-corrected chi connectivity index (χ1v) is 10.2. The second kappa shape index (κ2) is 8.65. The molecule has 1 atom stereocenters. The lowest BCUT2D eigenvalue weighted by molar-refractivity contribution is -0.143. The van der Waals surface area contributed by atoms with Crippen molar-refractivity contribution < 1.29 is 9.90 Å². The highest BCUT2D eigenvalue weighted by Gasteiger charge is 2.24. The number of nitrogens with zero attached hydrogens (tertiary/aromatic N) is 1. The van der Waals surface area contributed by atoms with E-state index in [0.29, 0.717) is 6.54 Å². The Morgan fingerprint density at radius 2 is 2.08 bits per heavy atom. The van der Waals surface area contributed by atoms with Gasteiger partial charge in [-0.25, -0.2) is 0 Å². The Balaban J connectivity index is 1.77. The molecular weight excluding hydrogens is 342 g/mol. The molecule has 0 bridgehead atoms. The van der Waals surface area contributed by atoms with Crippen molar-refractivity contribution in [3.63, 3.8) is 0 Å². The summed E-state index contributed by atoms with van der Waals surface area (Å²) in [5, 5.41) is 11.4. The molecule has 1 aliphatic rings. The molecule has 0 aliphatic carbocycles. The second-order valence-electron chi connectivity index (χ2n) is 7.13. The van der Waals surface area contributed by atoms with Crippen LogP contribution in [0, 0.1) is 19.8 Å².